The molecular formula is C14H16Cl3N3. The summed E-state index contributed by atoms with van der Waals surface area (Å²) < 4.78 is 1.76. The molecule has 1 N–H and O–H groups in total. The van der Waals surface area contributed by atoms with Crippen molar-refractivity contribution in [1.29, 1.82) is 0 Å². The maximum atomic E-state index is 6.33. The molecule has 20 heavy (non-hydrogen) atoms. The number of rotatable bonds is 5. The lowest BCUT2D eigenvalue weighted by Gasteiger charge is -2.21. The summed E-state index contributed by atoms with van der Waals surface area (Å²) in [6, 6.07) is 5.37. The van der Waals surface area contributed by atoms with Gasteiger partial charge in [0.25, 0.3) is 0 Å². The molecule has 0 saturated carbocycles. The van der Waals surface area contributed by atoms with Crippen LogP contribution in [0.1, 0.15) is 30.6 Å². The van der Waals surface area contributed by atoms with Gasteiger partial charge in [-0.2, -0.15) is 5.10 Å². The predicted octanol–water partition coefficient (Wildman–Crippen LogP) is 4.47. The molecule has 2 aromatic rings. The predicted molar refractivity (Wildman–Crippen MR) is 84.8 cm³/mol. The van der Waals surface area contributed by atoms with E-state index in [0.29, 0.717) is 15.1 Å². The smallest absolute Gasteiger partial charge is 0.0837 e. The van der Waals surface area contributed by atoms with E-state index in [0.717, 1.165) is 24.2 Å². The minimum Gasteiger partial charge on any atom is -0.305 e. The van der Waals surface area contributed by atoms with Gasteiger partial charge in [0.05, 0.1) is 23.0 Å². The van der Waals surface area contributed by atoms with Crippen LogP contribution in [0, 0.1) is 0 Å². The highest BCUT2D eigenvalue weighted by molar-refractivity contribution is 6.35. The molecular weight excluding hydrogens is 317 g/mol. The van der Waals surface area contributed by atoms with Crippen molar-refractivity contribution in [3.8, 4) is 0 Å². The molecule has 1 heterocycles. The van der Waals surface area contributed by atoms with Crippen molar-refractivity contribution in [1.82, 2.24) is 15.1 Å². The molecule has 0 fully saturated rings. The maximum absolute atomic E-state index is 6.33. The fraction of sp³-hybridized carbons (Fsp3) is 0.357. The molecule has 1 unspecified atom stereocenters. The fourth-order valence-electron chi connectivity index (χ4n) is 2.12. The molecule has 1 atom stereocenters. The summed E-state index contributed by atoms with van der Waals surface area (Å²) in [5.74, 6) is 0. The first kappa shape index (κ1) is 15.6. The van der Waals surface area contributed by atoms with Gasteiger partial charge in [0.2, 0.25) is 0 Å². The van der Waals surface area contributed by atoms with Gasteiger partial charge in [-0.25, -0.2) is 0 Å². The van der Waals surface area contributed by atoms with E-state index in [9.17, 15) is 0 Å². The van der Waals surface area contributed by atoms with E-state index in [4.69, 9.17) is 34.8 Å². The molecule has 2 rings (SSSR count). The molecule has 0 radical (unpaired) electrons. The number of hydrogen-bond acceptors (Lipinski definition) is 2. The summed E-state index contributed by atoms with van der Waals surface area (Å²) in [6.07, 6.45) is 2.65. The summed E-state index contributed by atoms with van der Waals surface area (Å²) in [6.45, 7) is 2.96. The van der Waals surface area contributed by atoms with E-state index in [1.807, 2.05) is 19.2 Å². The zero-order valence-electron chi connectivity index (χ0n) is 11.3. The zero-order chi connectivity index (χ0) is 14.7. The average Bonchev–Trinajstić information content (AvgIpc) is 2.72. The number of nitrogens with zero attached hydrogens (tertiary/aromatic N) is 2. The van der Waals surface area contributed by atoms with Crippen LogP contribution in [0.2, 0.25) is 15.1 Å². The Bertz CT molecular complexity index is 576. The second-order valence-corrected chi connectivity index (χ2v) is 5.81. The lowest BCUT2D eigenvalue weighted by atomic mass is 10.0. The van der Waals surface area contributed by atoms with Crippen LogP contribution in [-0.4, -0.2) is 16.3 Å². The number of hydrogen-bond donors (Lipinski definition) is 1. The van der Waals surface area contributed by atoms with Crippen LogP contribution in [0.15, 0.2) is 24.4 Å². The van der Waals surface area contributed by atoms with Crippen LogP contribution >= 0.6 is 34.8 Å². The lowest BCUT2D eigenvalue weighted by molar-refractivity contribution is 0.554. The van der Waals surface area contributed by atoms with Crippen molar-refractivity contribution < 1.29 is 0 Å². The highest BCUT2D eigenvalue weighted by atomic mass is 35.5. The Hall–Kier alpha value is -0.740. The fourth-order valence-corrected chi connectivity index (χ4v) is 2.92. The normalized spacial score (nSPS) is 12.7. The number of nitrogens with one attached hydrogen (secondary N) is 1. The van der Waals surface area contributed by atoms with Gasteiger partial charge >= 0.3 is 0 Å². The first-order chi connectivity index (χ1) is 9.54. The third kappa shape index (κ3) is 3.29. The Labute approximate surface area is 133 Å². The second-order valence-electron chi connectivity index (χ2n) is 4.55. The first-order valence-electron chi connectivity index (χ1n) is 6.40. The molecule has 0 spiro atoms. The summed E-state index contributed by atoms with van der Waals surface area (Å²) in [5, 5.41) is 9.50. The number of aryl methyl sites for hydroxylation is 1. The van der Waals surface area contributed by atoms with Gasteiger partial charge in [0.15, 0.2) is 0 Å². The second kappa shape index (κ2) is 6.81. The van der Waals surface area contributed by atoms with Crippen molar-refractivity contribution in [3.05, 3.63) is 50.7 Å². The highest BCUT2D eigenvalue weighted by Crippen LogP contribution is 2.33. The topological polar surface area (TPSA) is 29.9 Å². The average molecular weight is 333 g/mol. The van der Waals surface area contributed by atoms with Crippen LogP contribution in [0.4, 0.5) is 0 Å². The van der Waals surface area contributed by atoms with Gasteiger partial charge in [-0.15, -0.1) is 0 Å². The van der Waals surface area contributed by atoms with E-state index in [1.54, 1.807) is 16.9 Å². The largest absolute Gasteiger partial charge is 0.305 e. The van der Waals surface area contributed by atoms with Crippen molar-refractivity contribution in [2.45, 2.75) is 19.4 Å². The highest BCUT2D eigenvalue weighted by Gasteiger charge is 2.22. The van der Waals surface area contributed by atoms with Crippen molar-refractivity contribution in [3.63, 3.8) is 0 Å². The molecule has 0 aliphatic heterocycles. The molecule has 1 aromatic carbocycles. The molecule has 6 heteroatoms. The summed E-state index contributed by atoms with van der Waals surface area (Å²) in [7, 11) is 1.87. The van der Waals surface area contributed by atoms with Crippen molar-refractivity contribution in [2.75, 3.05) is 6.54 Å². The van der Waals surface area contributed by atoms with Crippen LogP contribution < -0.4 is 5.32 Å². The molecule has 0 bridgehead atoms. The molecule has 108 valence electrons. The zero-order valence-corrected chi connectivity index (χ0v) is 13.6. The van der Waals surface area contributed by atoms with Gasteiger partial charge in [-0.1, -0.05) is 47.8 Å². The Kier molecular flexibility index (Phi) is 5.33. The summed E-state index contributed by atoms with van der Waals surface area (Å²) >= 11 is 18.6. The number of halogens is 3. The molecule has 1 aromatic heterocycles. The monoisotopic (exact) mass is 331 g/mol. The Morgan fingerprint density at radius 2 is 2.00 bits per heavy atom. The first-order valence-corrected chi connectivity index (χ1v) is 7.53. The van der Waals surface area contributed by atoms with Crippen LogP contribution in [-0.2, 0) is 7.05 Å². The Balaban J connectivity index is 2.47. The molecule has 0 saturated heterocycles. The molecule has 0 amide bonds. The van der Waals surface area contributed by atoms with E-state index < -0.39 is 0 Å². The minimum absolute atomic E-state index is 0.111. The van der Waals surface area contributed by atoms with Crippen LogP contribution in [0.25, 0.3) is 0 Å². The third-order valence-electron chi connectivity index (χ3n) is 3.08. The number of benzene rings is 1. The van der Waals surface area contributed by atoms with Crippen molar-refractivity contribution in [2.24, 2.45) is 7.05 Å². The number of aromatic nitrogens is 2. The minimum atomic E-state index is -0.111. The van der Waals surface area contributed by atoms with E-state index in [2.05, 4.69) is 17.3 Å². The summed E-state index contributed by atoms with van der Waals surface area (Å²) in [4.78, 5) is 0. The molecule has 0 aliphatic carbocycles. The van der Waals surface area contributed by atoms with Gasteiger partial charge in [0.1, 0.15) is 0 Å². The Morgan fingerprint density at radius 3 is 2.55 bits per heavy atom. The van der Waals surface area contributed by atoms with Gasteiger partial charge in [0, 0.05) is 17.1 Å². The third-order valence-corrected chi connectivity index (χ3v) is 3.94. The Morgan fingerprint density at radius 1 is 1.25 bits per heavy atom. The van der Waals surface area contributed by atoms with Gasteiger partial charge in [-0.3, -0.25) is 4.68 Å². The molecule has 0 aliphatic rings. The van der Waals surface area contributed by atoms with E-state index >= 15 is 0 Å². The quantitative estimate of drug-likeness (QED) is 0.875. The standard InChI is InChI=1S/C14H16Cl3N3/c1-3-6-18-13(14-12(17)8-19-20(14)2)10-5-4-9(15)7-11(10)16/h4-5,7-8,13,18H,3,6H2,1-2H3. The molecule has 3 nitrogen and oxygen atoms in total. The van der Waals surface area contributed by atoms with Gasteiger partial charge in [-0.05, 0) is 30.7 Å². The summed E-state index contributed by atoms with van der Waals surface area (Å²) in [5.41, 5.74) is 1.83. The maximum Gasteiger partial charge on any atom is 0.0837 e. The van der Waals surface area contributed by atoms with Gasteiger partial charge < -0.3 is 5.32 Å². The lowest BCUT2D eigenvalue weighted by Crippen LogP contribution is -2.25. The van der Waals surface area contributed by atoms with E-state index in [-0.39, 0.29) is 6.04 Å². The van der Waals surface area contributed by atoms with Crippen LogP contribution in [0.5, 0.6) is 0 Å². The van der Waals surface area contributed by atoms with E-state index in [1.165, 1.54) is 0 Å². The van der Waals surface area contributed by atoms with Crippen LogP contribution in [0.3, 0.4) is 0 Å². The SMILES string of the molecule is CCCNC(c1ccc(Cl)cc1Cl)c1c(Cl)cnn1C. The van der Waals surface area contributed by atoms with Crippen molar-refractivity contribution >= 4 is 34.8 Å².